The Morgan fingerprint density at radius 1 is 1.23 bits per heavy atom. The molecule has 7 N–H and O–H groups in total. The highest BCUT2D eigenvalue weighted by Gasteiger charge is 2.32. The van der Waals surface area contributed by atoms with Crippen LogP contribution in [-0.2, 0) is 4.79 Å². The van der Waals surface area contributed by atoms with Gasteiger partial charge in [-0.25, -0.2) is 0 Å². The van der Waals surface area contributed by atoms with Crippen LogP contribution in [0, 0.1) is 0 Å². The first-order chi connectivity index (χ1) is 5.91. The van der Waals surface area contributed by atoms with Gasteiger partial charge in [-0.3, -0.25) is 4.79 Å². The second kappa shape index (κ2) is 5.10. The smallest absolute Gasteiger partial charge is 0.323 e. The molecule has 1 unspecified atom stereocenters. The van der Waals surface area contributed by atoms with Crippen molar-refractivity contribution in [3.05, 3.63) is 0 Å². The number of hydrogen-bond acceptors (Lipinski definition) is 6. The Kier molecular flexibility index (Phi) is 4.81. The second-order valence-corrected chi connectivity index (χ2v) is 2.60. The zero-order chi connectivity index (χ0) is 10.6. The molecule has 4 atom stereocenters. The van der Waals surface area contributed by atoms with E-state index in [2.05, 4.69) is 0 Å². The molecule has 0 heterocycles. The van der Waals surface area contributed by atoms with Gasteiger partial charge in [0.1, 0.15) is 24.4 Å². The molecule has 0 bridgehead atoms. The third kappa shape index (κ3) is 3.25. The summed E-state index contributed by atoms with van der Waals surface area (Å²) in [5, 5.41) is 43.5. The molecule has 0 aliphatic rings. The summed E-state index contributed by atoms with van der Waals surface area (Å²) in [5.74, 6) is -1.50. The number of carboxylic acids is 1. The number of nitrogens with two attached hydrogens (primary N) is 1. The van der Waals surface area contributed by atoms with Gasteiger partial charge in [0.05, 0.1) is 6.61 Å². The van der Waals surface area contributed by atoms with Gasteiger partial charge < -0.3 is 31.3 Å². The summed E-state index contributed by atoms with van der Waals surface area (Å²) >= 11 is 0. The molecule has 0 aromatic heterocycles. The van der Waals surface area contributed by atoms with E-state index in [-0.39, 0.29) is 0 Å². The fourth-order valence-corrected chi connectivity index (χ4v) is 0.694. The largest absolute Gasteiger partial charge is 0.480 e. The summed E-state index contributed by atoms with van der Waals surface area (Å²) < 4.78 is 0. The van der Waals surface area contributed by atoms with Crippen LogP contribution >= 0.6 is 0 Å². The van der Waals surface area contributed by atoms with Crippen molar-refractivity contribution in [3.63, 3.8) is 0 Å². The van der Waals surface area contributed by atoms with Crippen molar-refractivity contribution in [2.75, 3.05) is 6.61 Å². The molecule has 7 heteroatoms. The normalized spacial score (nSPS) is 20.4. The van der Waals surface area contributed by atoms with E-state index in [4.69, 9.17) is 31.3 Å². The Morgan fingerprint density at radius 3 is 2.00 bits per heavy atom. The molecule has 0 rings (SSSR count). The summed E-state index contributed by atoms with van der Waals surface area (Å²) in [5.41, 5.74) is 4.95. The number of carbonyl (C=O) groups is 1. The van der Waals surface area contributed by atoms with Crippen molar-refractivity contribution in [1.82, 2.24) is 0 Å². The highest BCUT2D eigenvalue weighted by atomic mass is 16.4. The Bertz CT molecular complexity index is 175. The lowest BCUT2D eigenvalue weighted by molar-refractivity contribution is -0.146. The van der Waals surface area contributed by atoms with Crippen molar-refractivity contribution < 1.29 is 30.3 Å². The van der Waals surface area contributed by atoms with Crippen LogP contribution in [0.1, 0.15) is 0 Å². The van der Waals surface area contributed by atoms with Crippen molar-refractivity contribution >= 4 is 5.97 Å². The first-order valence-corrected chi connectivity index (χ1v) is 3.55. The topological polar surface area (TPSA) is 144 Å². The van der Waals surface area contributed by atoms with Gasteiger partial charge in [-0.2, -0.15) is 0 Å². The Balaban J connectivity index is 4.24. The molecule has 0 fully saturated rings. The zero-order valence-corrected chi connectivity index (χ0v) is 6.74. The van der Waals surface area contributed by atoms with Gasteiger partial charge in [0.2, 0.25) is 0 Å². The van der Waals surface area contributed by atoms with Crippen LogP contribution in [0.25, 0.3) is 0 Å². The summed E-state index contributed by atoms with van der Waals surface area (Å²) in [6.07, 6.45) is -5.21. The molecular weight excluding hydrogens is 182 g/mol. The molecular formula is C6H13NO6. The highest BCUT2D eigenvalue weighted by molar-refractivity contribution is 5.74. The molecule has 0 saturated heterocycles. The molecule has 0 aliphatic carbocycles. The summed E-state index contributed by atoms with van der Waals surface area (Å²) in [4.78, 5) is 10.2. The van der Waals surface area contributed by atoms with E-state index in [1.54, 1.807) is 0 Å². The fraction of sp³-hybridized carbons (Fsp3) is 0.833. The minimum atomic E-state index is -1.82. The minimum Gasteiger partial charge on any atom is -0.480 e. The molecule has 0 radical (unpaired) electrons. The third-order valence-electron chi connectivity index (χ3n) is 1.58. The summed E-state index contributed by atoms with van der Waals surface area (Å²) in [7, 11) is 0. The molecule has 7 nitrogen and oxygen atoms in total. The average molecular weight is 195 g/mol. The molecule has 0 aromatic carbocycles. The molecule has 0 aliphatic heterocycles. The minimum absolute atomic E-state index is 0.787. The maximum atomic E-state index is 10.2. The lowest BCUT2D eigenvalue weighted by Gasteiger charge is -2.23. The first-order valence-electron chi connectivity index (χ1n) is 3.55. The van der Waals surface area contributed by atoms with Crippen molar-refractivity contribution in [3.8, 4) is 0 Å². The van der Waals surface area contributed by atoms with Crippen LogP contribution in [-0.4, -0.2) is 62.5 Å². The maximum absolute atomic E-state index is 10.2. The van der Waals surface area contributed by atoms with Gasteiger partial charge in [-0.1, -0.05) is 0 Å². The van der Waals surface area contributed by atoms with Gasteiger partial charge in [-0.05, 0) is 0 Å². The van der Waals surface area contributed by atoms with Crippen LogP contribution in [0.15, 0.2) is 0 Å². The quantitative estimate of drug-likeness (QED) is 0.266. The fourth-order valence-electron chi connectivity index (χ4n) is 0.694. The SMILES string of the molecule is N[C@@H](C(=O)O)[C@@H](O)[C@H](O)C(O)CO. The lowest BCUT2D eigenvalue weighted by Crippen LogP contribution is -2.52. The van der Waals surface area contributed by atoms with Crippen molar-refractivity contribution in [1.29, 1.82) is 0 Å². The van der Waals surface area contributed by atoms with Crippen LogP contribution in [0.2, 0.25) is 0 Å². The molecule has 0 spiro atoms. The number of aliphatic hydroxyl groups is 4. The van der Waals surface area contributed by atoms with E-state index in [0.717, 1.165) is 0 Å². The predicted octanol–water partition coefficient (Wildman–Crippen LogP) is -3.53. The van der Waals surface area contributed by atoms with E-state index in [0.29, 0.717) is 0 Å². The number of aliphatic carboxylic acids is 1. The zero-order valence-electron chi connectivity index (χ0n) is 6.74. The Morgan fingerprint density at radius 2 is 1.69 bits per heavy atom. The molecule has 0 saturated carbocycles. The highest BCUT2D eigenvalue weighted by Crippen LogP contribution is 2.03. The monoisotopic (exact) mass is 195 g/mol. The number of hydrogen-bond donors (Lipinski definition) is 6. The number of rotatable bonds is 5. The maximum Gasteiger partial charge on any atom is 0.323 e. The number of aliphatic hydroxyl groups excluding tert-OH is 4. The standard InChI is InChI=1S/C6H13NO6/c7-3(6(12)13)5(11)4(10)2(9)1-8/h2-5,8-11H,1,7H2,(H,12,13)/t2?,3-,4-,5-/m1/s1. The summed E-state index contributed by atoms with van der Waals surface area (Å²) in [6.45, 7) is -0.787. The first kappa shape index (κ1) is 12.3. The van der Waals surface area contributed by atoms with Crippen molar-refractivity contribution in [2.24, 2.45) is 5.73 Å². The second-order valence-electron chi connectivity index (χ2n) is 2.60. The number of carboxylic acid groups (broad SMARTS) is 1. The lowest BCUT2D eigenvalue weighted by atomic mass is 10.0. The van der Waals surface area contributed by atoms with E-state index < -0.39 is 36.9 Å². The molecule has 0 aromatic rings. The van der Waals surface area contributed by atoms with E-state index in [1.165, 1.54) is 0 Å². The van der Waals surface area contributed by atoms with Gasteiger partial charge in [0, 0.05) is 0 Å². The molecule has 78 valence electrons. The van der Waals surface area contributed by atoms with Crippen molar-refractivity contribution in [2.45, 2.75) is 24.4 Å². The van der Waals surface area contributed by atoms with Gasteiger partial charge in [0.25, 0.3) is 0 Å². The van der Waals surface area contributed by atoms with E-state index in [9.17, 15) is 4.79 Å². The van der Waals surface area contributed by atoms with Gasteiger partial charge in [0.15, 0.2) is 0 Å². The predicted molar refractivity (Wildman–Crippen MR) is 40.7 cm³/mol. The van der Waals surface area contributed by atoms with Crippen LogP contribution < -0.4 is 5.73 Å². The van der Waals surface area contributed by atoms with Crippen LogP contribution in [0.3, 0.4) is 0 Å². The molecule has 13 heavy (non-hydrogen) atoms. The third-order valence-corrected chi connectivity index (χ3v) is 1.58. The van der Waals surface area contributed by atoms with Gasteiger partial charge in [-0.15, -0.1) is 0 Å². The van der Waals surface area contributed by atoms with E-state index >= 15 is 0 Å². The molecule has 0 amide bonds. The van der Waals surface area contributed by atoms with Crippen LogP contribution in [0.5, 0.6) is 0 Å². The Hall–Kier alpha value is -0.730. The van der Waals surface area contributed by atoms with Crippen LogP contribution in [0.4, 0.5) is 0 Å². The van der Waals surface area contributed by atoms with Gasteiger partial charge >= 0.3 is 5.97 Å². The van der Waals surface area contributed by atoms with E-state index in [1.807, 2.05) is 0 Å². The summed E-state index contributed by atoms with van der Waals surface area (Å²) in [6, 6.07) is -1.70. The average Bonchev–Trinajstić information content (AvgIpc) is 2.12. The Labute approximate surface area is 74.0 Å².